The second kappa shape index (κ2) is 7.46. The van der Waals surface area contributed by atoms with Crippen LogP contribution in [0.3, 0.4) is 0 Å². The van der Waals surface area contributed by atoms with Crippen LogP contribution in [0.25, 0.3) is 0 Å². The Labute approximate surface area is 172 Å². The minimum atomic E-state index is -0.0439. The van der Waals surface area contributed by atoms with Crippen LogP contribution in [-0.2, 0) is 0 Å². The monoisotopic (exact) mass is 415 g/mol. The van der Waals surface area contributed by atoms with Crippen LogP contribution in [-0.4, -0.2) is 17.2 Å². The third-order valence-electron chi connectivity index (χ3n) is 4.56. The summed E-state index contributed by atoms with van der Waals surface area (Å²) in [6.45, 7) is 2.11. The number of hydrogen-bond donors (Lipinski definition) is 1. The van der Waals surface area contributed by atoms with Crippen molar-refractivity contribution in [1.82, 2.24) is 10.3 Å². The first kappa shape index (κ1) is 18.2. The second-order valence-corrected chi connectivity index (χ2v) is 8.38. The molecule has 1 aliphatic heterocycles. The molecule has 4 rings (SSSR count). The third kappa shape index (κ3) is 3.40. The number of anilines is 1. The number of hydrogen-bond acceptors (Lipinski definition) is 4. The van der Waals surface area contributed by atoms with Crippen LogP contribution in [0.1, 0.15) is 27.5 Å². The Hall–Kier alpha value is -2.15. The van der Waals surface area contributed by atoms with Gasteiger partial charge in [-0.25, -0.2) is 0 Å². The van der Waals surface area contributed by atoms with Gasteiger partial charge in [0, 0.05) is 21.6 Å². The number of nitrogens with zero attached hydrogens (tertiary/aromatic N) is 2. The molecule has 0 saturated carbocycles. The Bertz CT molecular complexity index is 976. The number of nitrogens with one attached hydrogen (secondary N) is 1. The van der Waals surface area contributed by atoms with Crippen LogP contribution in [0, 0.1) is 6.92 Å². The molecule has 0 radical (unpaired) electrons. The largest absolute Gasteiger partial charge is 0.495 e. The van der Waals surface area contributed by atoms with E-state index in [1.807, 2.05) is 42.6 Å². The zero-order valence-electron chi connectivity index (χ0n) is 14.8. The zero-order chi connectivity index (χ0) is 19.0. The first-order valence-electron chi connectivity index (χ1n) is 8.49. The van der Waals surface area contributed by atoms with Gasteiger partial charge in [0.15, 0.2) is 5.11 Å². The van der Waals surface area contributed by atoms with Crippen LogP contribution in [0.5, 0.6) is 5.75 Å². The number of pyridine rings is 1. The number of aromatic nitrogens is 1. The number of halogens is 1. The summed E-state index contributed by atoms with van der Waals surface area (Å²) >= 11 is 13.9. The van der Waals surface area contributed by atoms with Gasteiger partial charge in [0.25, 0.3) is 0 Å². The van der Waals surface area contributed by atoms with Crippen molar-refractivity contribution in [2.75, 3.05) is 12.0 Å². The molecule has 138 valence electrons. The van der Waals surface area contributed by atoms with Gasteiger partial charge >= 0.3 is 0 Å². The maximum atomic E-state index is 6.38. The maximum Gasteiger partial charge on any atom is 0.174 e. The highest BCUT2D eigenvalue weighted by Crippen LogP contribution is 2.44. The lowest BCUT2D eigenvalue weighted by Gasteiger charge is -2.27. The van der Waals surface area contributed by atoms with E-state index in [0.29, 0.717) is 15.9 Å². The van der Waals surface area contributed by atoms with Crippen LogP contribution in [0.2, 0.25) is 5.02 Å². The van der Waals surface area contributed by atoms with Crippen molar-refractivity contribution < 1.29 is 4.74 Å². The van der Waals surface area contributed by atoms with Gasteiger partial charge in [-0.15, -0.1) is 11.3 Å². The minimum absolute atomic E-state index is 0.00411. The molecule has 0 aliphatic carbocycles. The van der Waals surface area contributed by atoms with E-state index in [2.05, 4.69) is 34.3 Å². The van der Waals surface area contributed by atoms with Crippen molar-refractivity contribution in [2.24, 2.45) is 0 Å². The molecule has 1 fully saturated rings. The van der Waals surface area contributed by atoms with Gasteiger partial charge < -0.3 is 15.0 Å². The minimum Gasteiger partial charge on any atom is -0.495 e. The molecule has 2 atom stereocenters. The fourth-order valence-electron chi connectivity index (χ4n) is 3.34. The Balaban J connectivity index is 1.81. The molecule has 7 heteroatoms. The highest BCUT2D eigenvalue weighted by Gasteiger charge is 2.41. The smallest absolute Gasteiger partial charge is 0.174 e. The average Bonchev–Trinajstić information content (AvgIpc) is 3.25. The van der Waals surface area contributed by atoms with E-state index >= 15 is 0 Å². The lowest BCUT2D eigenvalue weighted by Crippen LogP contribution is -2.29. The highest BCUT2D eigenvalue weighted by molar-refractivity contribution is 7.80. The maximum absolute atomic E-state index is 6.38. The third-order valence-corrected chi connectivity index (χ3v) is 6.25. The van der Waals surface area contributed by atoms with Gasteiger partial charge in [-0.2, -0.15) is 0 Å². The molecule has 3 aromatic rings. The molecular formula is C20H18ClN3OS2. The van der Waals surface area contributed by atoms with Crippen LogP contribution < -0.4 is 15.0 Å². The van der Waals surface area contributed by atoms with E-state index in [1.165, 1.54) is 9.75 Å². The van der Waals surface area contributed by atoms with Gasteiger partial charge in [0.2, 0.25) is 0 Å². The number of methoxy groups -OCH3 is 1. The SMILES string of the molecule is COc1ccc(N2C(=S)N[C@H](c3ccccn3)[C@@H]2c2ccc(C)s2)cc1Cl. The number of ether oxygens (including phenoxy) is 1. The molecule has 4 nitrogen and oxygen atoms in total. The van der Waals surface area contributed by atoms with Crippen LogP contribution >= 0.6 is 35.2 Å². The van der Waals surface area contributed by atoms with E-state index < -0.39 is 0 Å². The van der Waals surface area contributed by atoms with Crippen LogP contribution in [0.4, 0.5) is 5.69 Å². The quantitative estimate of drug-likeness (QED) is 0.586. The van der Waals surface area contributed by atoms with Crippen molar-refractivity contribution in [2.45, 2.75) is 19.0 Å². The lowest BCUT2D eigenvalue weighted by molar-refractivity contribution is 0.415. The fraction of sp³-hybridized carbons (Fsp3) is 0.200. The van der Waals surface area contributed by atoms with E-state index in [0.717, 1.165) is 11.4 Å². The summed E-state index contributed by atoms with van der Waals surface area (Å²) in [6, 6.07) is 15.9. The number of thiophene rings is 1. The van der Waals surface area contributed by atoms with Gasteiger partial charge in [-0.05, 0) is 61.6 Å². The molecule has 0 bridgehead atoms. The molecule has 27 heavy (non-hydrogen) atoms. The molecule has 0 unspecified atom stereocenters. The molecule has 2 aromatic heterocycles. The van der Waals surface area contributed by atoms with Crippen LogP contribution in [0.15, 0.2) is 54.7 Å². The Morgan fingerprint density at radius 3 is 2.70 bits per heavy atom. The summed E-state index contributed by atoms with van der Waals surface area (Å²) in [4.78, 5) is 9.16. The van der Waals surface area contributed by atoms with E-state index in [-0.39, 0.29) is 12.1 Å². The number of rotatable bonds is 4. The average molecular weight is 416 g/mol. The van der Waals surface area contributed by atoms with Crippen molar-refractivity contribution >= 4 is 46.0 Å². The van der Waals surface area contributed by atoms with E-state index in [9.17, 15) is 0 Å². The first-order chi connectivity index (χ1) is 13.1. The summed E-state index contributed by atoms with van der Waals surface area (Å²) in [5, 5.41) is 4.66. The topological polar surface area (TPSA) is 37.4 Å². The number of benzene rings is 1. The van der Waals surface area contributed by atoms with E-state index in [1.54, 1.807) is 18.4 Å². The van der Waals surface area contributed by atoms with Gasteiger partial charge in [0.05, 0.1) is 29.9 Å². The standard InChI is InChI=1S/C20H18ClN3OS2/c1-12-6-9-17(27-12)19-18(15-5-3-4-10-22-15)23-20(26)24(19)13-7-8-16(25-2)14(21)11-13/h3-11,18-19H,1-2H3,(H,23,26)/t18-,19+/m1/s1. The highest BCUT2D eigenvalue weighted by atomic mass is 35.5. The second-order valence-electron chi connectivity index (χ2n) is 6.26. The number of aryl methyl sites for hydroxylation is 1. The van der Waals surface area contributed by atoms with Gasteiger partial charge in [-0.1, -0.05) is 17.7 Å². The summed E-state index contributed by atoms with van der Waals surface area (Å²) in [5.41, 5.74) is 1.88. The predicted octanol–water partition coefficient (Wildman–Crippen LogP) is 5.29. The van der Waals surface area contributed by atoms with Crippen molar-refractivity contribution in [3.63, 3.8) is 0 Å². The predicted molar refractivity (Wildman–Crippen MR) is 115 cm³/mol. The molecule has 1 aromatic carbocycles. The summed E-state index contributed by atoms with van der Waals surface area (Å²) in [7, 11) is 1.61. The molecule has 0 amide bonds. The van der Waals surface area contributed by atoms with Crippen molar-refractivity contribution in [3.05, 3.63) is 75.2 Å². The lowest BCUT2D eigenvalue weighted by atomic mass is 10.0. The Morgan fingerprint density at radius 1 is 1.22 bits per heavy atom. The molecular weight excluding hydrogens is 398 g/mol. The normalized spacial score (nSPS) is 19.2. The summed E-state index contributed by atoms with van der Waals surface area (Å²) in [6.07, 6.45) is 1.81. The molecule has 1 N–H and O–H groups in total. The van der Waals surface area contributed by atoms with Gasteiger partial charge in [-0.3, -0.25) is 4.98 Å². The van der Waals surface area contributed by atoms with E-state index in [4.69, 9.17) is 28.6 Å². The fourth-order valence-corrected chi connectivity index (χ4v) is 4.94. The summed E-state index contributed by atoms with van der Waals surface area (Å²) < 4.78 is 5.29. The van der Waals surface area contributed by atoms with Crippen molar-refractivity contribution in [1.29, 1.82) is 0 Å². The van der Waals surface area contributed by atoms with Crippen molar-refractivity contribution in [3.8, 4) is 5.75 Å². The van der Waals surface area contributed by atoms with Gasteiger partial charge in [0.1, 0.15) is 5.75 Å². The number of thiocarbonyl (C=S) groups is 1. The molecule has 1 aliphatic rings. The first-order valence-corrected chi connectivity index (χ1v) is 10.1. The zero-order valence-corrected chi connectivity index (χ0v) is 17.2. The Kier molecular flexibility index (Phi) is 5.04. The molecule has 1 saturated heterocycles. The molecule has 3 heterocycles. The Morgan fingerprint density at radius 2 is 2.07 bits per heavy atom. The molecule has 0 spiro atoms. The summed E-state index contributed by atoms with van der Waals surface area (Å²) in [5.74, 6) is 0.642.